The normalized spacial score (nSPS) is 25.9. The number of anilines is 1. The number of hydrogen-bond donors (Lipinski definition) is 1. The Kier molecular flexibility index (Phi) is 2.98. The van der Waals surface area contributed by atoms with E-state index in [0.29, 0.717) is 13.0 Å². The summed E-state index contributed by atoms with van der Waals surface area (Å²) in [4.78, 5) is 2.04. The Bertz CT molecular complexity index is 358. The number of benzene rings is 1. The third-order valence-corrected chi connectivity index (χ3v) is 3.34. The lowest BCUT2D eigenvalue weighted by atomic mass is 10.1. The first kappa shape index (κ1) is 10.9. The summed E-state index contributed by atoms with van der Waals surface area (Å²) in [5.74, 6) is 0. The van der Waals surface area contributed by atoms with E-state index in [0.717, 1.165) is 16.7 Å². The summed E-state index contributed by atoms with van der Waals surface area (Å²) in [5, 5.41) is 0. The van der Waals surface area contributed by atoms with Gasteiger partial charge in [-0.2, -0.15) is 0 Å². The molecule has 2 nitrogen and oxygen atoms in total. The van der Waals surface area contributed by atoms with Gasteiger partial charge >= 0.3 is 0 Å². The molecule has 1 fully saturated rings. The summed E-state index contributed by atoms with van der Waals surface area (Å²) >= 11 is 3.41. The monoisotopic (exact) mass is 272 g/mol. The van der Waals surface area contributed by atoms with Gasteiger partial charge in [0.25, 0.3) is 0 Å². The molecular weight excluding hydrogens is 259 g/mol. The van der Waals surface area contributed by atoms with Crippen LogP contribution in [0.5, 0.6) is 0 Å². The van der Waals surface area contributed by atoms with Crippen molar-refractivity contribution in [3.63, 3.8) is 0 Å². The molecule has 82 valence electrons. The molecule has 1 aromatic carbocycles. The van der Waals surface area contributed by atoms with Gasteiger partial charge in [0.05, 0.1) is 6.54 Å². The van der Waals surface area contributed by atoms with Crippen molar-refractivity contribution in [2.45, 2.75) is 12.1 Å². The molecule has 1 saturated heterocycles. The van der Waals surface area contributed by atoms with E-state index < -0.39 is 5.67 Å². The molecule has 0 radical (unpaired) electrons. The molecule has 4 heteroatoms. The minimum absolute atomic E-state index is 0.109. The van der Waals surface area contributed by atoms with Crippen LogP contribution < -0.4 is 10.6 Å². The fraction of sp³-hybridized carbons (Fsp3) is 0.455. The predicted molar refractivity (Wildman–Crippen MR) is 63.9 cm³/mol. The number of rotatable bonds is 2. The Morgan fingerprint density at radius 1 is 1.53 bits per heavy atom. The molecule has 1 aromatic rings. The quantitative estimate of drug-likeness (QED) is 0.896. The topological polar surface area (TPSA) is 29.3 Å². The van der Waals surface area contributed by atoms with Gasteiger partial charge in [-0.15, -0.1) is 0 Å². The smallest absolute Gasteiger partial charge is 0.142 e. The predicted octanol–water partition coefficient (Wildman–Crippen LogP) is 2.33. The summed E-state index contributed by atoms with van der Waals surface area (Å²) in [5.41, 5.74) is 5.27. The van der Waals surface area contributed by atoms with Crippen LogP contribution in [-0.2, 0) is 0 Å². The molecule has 1 unspecified atom stereocenters. The highest BCUT2D eigenvalue weighted by atomic mass is 79.9. The van der Waals surface area contributed by atoms with Crippen molar-refractivity contribution in [2.75, 3.05) is 24.5 Å². The fourth-order valence-corrected chi connectivity index (χ4v) is 2.28. The van der Waals surface area contributed by atoms with E-state index in [1.165, 1.54) is 0 Å². The first-order chi connectivity index (χ1) is 7.13. The van der Waals surface area contributed by atoms with Crippen LogP contribution in [0.4, 0.5) is 10.1 Å². The minimum atomic E-state index is -1.21. The molecule has 1 aliphatic heterocycles. The van der Waals surface area contributed by atoms with Crippen LogP contribution in [0.3, 0.4) is 0 Å². The fourth-order valence-electron chi connectivity index (χ4n) is 1.90. The van der Waals surface area contributed by atoms with Crippen LogP contribution in [0.2, 0.25) is 0 Å². The van der Waals surface area contributed by atoms with E-state index in [-0.39, 0.29) is 6.54 Å². The molecule has 1 atom stereocenters. The SMILES string of the molecule is NCC1(F)CCN(c2cccc(Br)c2)C1. The van der Waals surface area contributed by atoms with Gasteiger partial charge in [-0.05, 0) is 18.2 Å². The molecule has 2 N–H and O–H groups in total. The molecule has 0 aromatic heterocycles. The second kappa shape index (κ2) is 4.10. The van der Waals surface area contributed by atoms with Gasteiger partial charge in [0.1, 0.15) is 5.67 Å². The summed E-state index contributed by atoms with van der Waals surface area (Å²) in [7, 11) is 0. The van der Waals surface area contributed by atoms with Gasteiger partial charge in [-0.1, -0.05) is 22.0 Å². The van der Waals surface area contributed by atoms with Crippen molar-refractivity contribution in [1.82, 2.24) is 0 Å². The van der Waals surface area contributed by atoms with E-state index in [9.17, 15) is 4.39 Å². The third kappa shape index (κ3) is 2.32. The van der Waals surface area contributed by atoms with Crippen molar-refractivity contribution < 1.29 is 4.39 Å². The summed E-state index contributed by atoms with van der Waals surface area (Å²) < 4.78 is 14.9. The average molecular weight is 273 g/mol. The Morgan fingerprint density at radius 3 is 2.93 bits per heavy atom. The van der Waals surface area contributed by atoms with Crippen LogP contribution >= 0.6 is 15.9 Å². The zero-order valence-corrected chi connectivity index (χ0v) is 10.0. The van der Waals surface area contributed by atoms with Crippen molar-refractivity contribution in [3.8, 4) is 0 Å². The summed E-state index contributed by atoms with van der Waals surface area (Å²) in [6.45, 7) is 1.25. The molecule has 1 heterocycles. The van der Waals surface area contributed by atoms with E-state index >= 15 is 0 Å². The Labute approximate surface area is 97.4 Å². The maximum atomic E-state index is 13.9. The molecule has 0 spiro atoms. The van der Waals surface area contributed by atoms with E-state index in [4.69, 9.17) is 5.73 Å². The van der Waals surface area contributed by atoms with Gasteiger partial charge in [0, 0.05) is 29.7 Å². The highest BCUT2D eigenvalue weighted by Gasteiger charge is 2.36. The highest BCUT2D eigenvalue weighted by Crippen LogP contribution is 2.30. The number of halogens is 2. The number of nitrogens with zero attached hydrogens (tertiary/aromatic N) is 1. The first-order valence-electron chi connectivity index (χ1n) is 5.02. The van der Waals surface area contributed by atoms with Gasteiger partial charge in [-0.3, -0.25) is 0 Å². The van der Waals surface area contributed by atoms with Crippen LogP contribution in [0.1, 0.15) is 6.42 Å². The van der Waals surface area contributed by atoms with Crippen molar-refractivity contribution in [2.24, 2.45) is 5.73 Å². The summed E-state index contributed by atoms with van der Waals surface area (Å²) in [6, 6.07) is 7.92. The maximum Gasteiger partial charge on any atom is 0.142 e. The van der Waals surface area contributed by atoms with Crippen molar-refractivity contribution in [1.29, 1.82) is 0 Å². The van der Waals surface area contributed by atoms with Crippen LogP contribution in [0.25, 0.3) is 0 Å². The lowest BCUT2D eigenvalue weighted by Crippen LogP contribution is -2.36. The highest BCUT2D eigenvalue weighted by molar-refractivity contribution is 9.10. The Balaban J connectivity index is 2.14. The number of alkyl halides is 1. The van der Waals surface area contributed by atoms with E-state index in [2.05, 4.69) is 15.9 Å². The van der Waals surface area contributed by atoms with Crippen molar-refractivity contribution >= 4 is 21.6 Å². The largest absolute Gasteiger partial charge is 0.368 e. The van der Waals surface area contributed by atoms with Gasteiger partial charge in [0.15, 0.2) is 0 Å². The number of hydrogen-bond acceptors (Lipinski definition) is 2. The van der Waals surface area contributed by atoms with Crippen LogP contribution in [0, 0.1) is 0 Å². The molecule has 1 aliphatic rings. The average Bonchev–Trinajstić information content (AvgIpc) is 2.62. The molecule has 0 bridgehead atoms. The van der Waals surface area contributed by atoms with Gasteiger partial charge < -0.3 is 10.6 Å². The lowest BCUT2D eigenvalue weighted by Gasteiger charge is -2.21. The number of nitrogens with two attached hydrogens (primary N) is 1. The molecule has 15 heavy (non-hydrogen) atoms. The molecule has 0 amide bonds. The first-order valence-corrected chi connectivity index (χ1v) is 5.82. The summed E-state index contributed by atoms with van der Waals surface area (Å²) in [6.07, 6.45) is 0.524. The second-order valence-corrected chi connectivity index (χ2v) is 4.92. The molecule has 0 saturated carbocycles. The Morgan fingerprint density at radius 2 is 2.33 bits per heavy atom. The van der Waals surface area contributed by atoms with E-state index in [1.807, 2.05) is 29.2 Å². The van der Waals surface area contributed by atoms with E-state index in [1.54, 1.807) is 0 Å². The van der Waals surface area contributed by atoms with Crippen LogP contribution in [0.15, 0.2) is 28.7 Å². The Hall–Kier alpha value is -0.610. The van der Waals surface area contributed by atoms with Gasteiger partial charge in [-0.25, -0.2) is 4.39 Å². The lowest BCUT2D eigenvalue weighted by molar-refractivity contribution is 0.204. The standard InChI is InChI=1S/C11H14BrFN2/c12-9-2-1-3-10(6-9)15-5-4-11(13,7-14)8-15/h1-3,6H,4-5,7-8,14H2. The zero-order valence-electron chi connectivity index (χ0n) is 8.42. The van der Waals surface area contributed by atoms with Crippen LogP contribution in [-0.4, -0.2) is 25.3 Å². The molecular formula is C11H14BrFN2. The molecule has 2 rings (SSSR count). The van der Waals surface area contributed by atoms with Gasteiger partial charge in [0.2, 0.25) is 0 Å². The minimum Gasteiger partial charge on any atom is -0.368 e. The molecule has 0 aliphatic carbocycles. The van der Waals surface area contributed by atoms with Crippen molar-refractivity contribution in [3.05, 3.63) is 28.7 Å². The maximum absolute atomic E-state index is 13.9. The zero-order chi connectivity index (χ0) is 10.9. The second-order valence-electron chi connectivity index (χ2n) is 4.01. The third-order valence-electron chi connectivity index (χ3n) is 2.84.